The second-order valence-electron chi connectivity index (χ2n) is 26.5. The van der Waals surface area contributed by atoms with Gasteiger partial charge in [0.25, 0.3) is 6.71 Å². The third kappa shape index (κ3) is 8.29. The summed E-state index contributed by atoms with van der Waals surface area (Å²) in [7, 11) is 0. The smallest absolute Gasteiger partial charge is 0.252 e. The molecule has 442 valence electrons. The maximum Gasteiger partial charge on any atom is 0.252 e. The minimum absolute atomic E-state index is 0.159. The van der Waals surface area contributed by atoms with Crippen LogP contribution in [0, 0.1) is 0 Å². The van der Waals surface area contributed by atoms with E-state index in [1.54, 1.807) is 0 Å². The summed E-state index contributed by atoms with van der Waals surface area (Å²) < 4.78 is 7.42. The number of nitrogens with zero attached hydrogens (tertiary/aromatic N) is 5. The lowest BCUT2D eigenvalue weighted by Gasteiger charge is -2.45. The molecule has 0 saturated carbocycles. The van der Waals surface area contributed by atoms with E-state index in [2.05, 4.69) is 366 Å². The molecule has 94 heavy (non-hydrogen) atoms. The second-order valence-corrected chi connectivity index (χ2v) is 26.5. The van der Waals surface area contributed by atoms with Crippen LogP contribution < -0.4 is 26.2 Å². The van der Waals surface area contributed by atoms with Crippen LogP contribution in [-0.2, 0) is 5.41 Å². The molecule has 19 rings (SSSR count). The Morgan fingerprint density at radius 3 is 1.03 bits per heavy atom. The Hall–Kier alpha value is -11.9. The van der Waals surface area contributed by atoms with Crippen LogP contribution in [0.25, 0.3) is 116 Å². The average molecular weight is 1200 g/mol. The standard InChI is InChI=1S/C88H62BN5/c1-88(2,3)63-52-85-87-86(53-63)94(68-50-61(58-26-9-5-10-27-58)48-62(51-68)59-28-11-6-12-29-59)84-56-66(91-79-39-20-15-34-71(79)72-35-16-21-40-80(72)91)42-46-76(84)89(87)75-45-43-67(55-83(75)93(85)64-31-23-30-60(49-64)57-24-7-4-8-25-57)92-81-41-22-17-36-73(81)74-54-65(44-47-82(74)92)90-77-37-18-13-32-69(77)70-33-14-19-38-78(70)90/h4-56H,1-3H3. The lowest BCUT2D eigenvalue weighted by Crippen LogP contribution is -2.61. The van der Waals surface area contributed by atoms with Gasteiger partial charge in [-0.2, -0.15) is 0 Å². The van der Waals surface area contributed by atoms with E-state index in [1.165, 1.54) is 104 Å². The van der Waals surface area contributed by atoms with Gasteiger partial charge >= 0.3 is 0 Å². The van der Waals surface area contributed by atoms with Gasteiger partial charge in [-0.05, 0) is 176 Å². The van der Waals surface area contributed by atoms with Crippen LogP contribution >= 0.6 is 0 Å². The summed E-state index contributed by atoms with van der Waals surface area (Å²) in [6.45, 7) is 6.95. The molecule has 0 unspecified atom stereocenters. The van der Waals surface area contributed by atoms with E-state index >= 15 is 0 Å². The number of hydrogen-bond donors (Lipinski definition) is 0. The van der Waals surface area contributed by atoms with Gasteiger partial charge in [0.05, 0.1) is 33.1 Å². The molecule has 0 atom stereocenters. The molecule has 0 spiro atoms. The molecule has 0 bridgehead atoms. The van der Waals surface area contributed by atoms with Crippen LogP contribution in [0.4, 0.5) is 34.1 Å². The predicted molar refractivity (Wildman–Crippen MR) is 398 cm³/mol. The van der Waals surface area contributed by atoms with Crippen molar-refractivity contribution in [1.29, 1.82) is 0 Å². The number of anilines is 6. The fraction of sp³-hybridized carbons (Fsp3) is 0.0455. The average Bonchev–Trinajstić information content (AvgIpc) is 0.845. The quantitative estimate of drug-likeness (QED) is 0.141. The molecule has 2 aliphatic heterocycles. The first-order chi connectivity index (χ1) is 46.3. The van der Waals surface area contributed by atoms with Gasteiger partial charge in [-0.3, -0.25) is 0 Å². The van der Waals surface area contributed by atoms with Gasteiger partial charge in [0.15, 0.2) is 0 Å². The summed E-state index contributed by atoms with van der Waals surface area (Å²) in [5.74, 6) is 0. The fourth-order valence-electron chi connectivity index (χ4n) is 15.8. The van der Waals surface area contributed by atoms with Gasteiger partial charge in [-0.25, -0.2) is 0 Å². The molecule has 5 nitrogen and oxygen atoms in total. The number of fused-ring (bicyclic) bond motifs is 13. The maximum absolute atomic E-state index is 2.62. The van der Waals surface area contributed by atoms with Crippen LogP contribution in [0.15, 0.2) is 322 Å². The third-order valence-electron chi connectivity index (χ3n) is 20.1. The molecule has 17 aromatic rings. The Morgan fingerprint density at radius 1 is 0.234 bits per heavy atom. The third-order valence-corrected chi connectivity index (χ3v) is 20.1. The molecule has 0 fully saturated rings. The molecule has 0 radical (unpaired) electrons. The molecule has 2 aliphatic rings. The highest BCUT2D eigenvalue weighted by Gasteiger charge is 2.45. The van der Waals surface area contributed by atoms with Crippen molar-refractivity contribution in [2.75, 3.05) is 9.80 Å². The van der Waals surface area contributed by atoms with Crippen molar-refractivity contribution in [3.8, 4) is 50.4 Å². The van der Waals surface area contributed by atoms with Crippen molar-refractivity contribution in [1.82, 2.24) is 13.7 Å². The molecule has 0 amide bonds. The first-order valence-electron chi connectivity index (χ1n) is 32.8. The van der Waals surface area contributed by atoms with Crippen molar-refractivity contribution in [3.05, 3.63) is 327 Å². The van der Waals surface area contributed by atoms with E-state index in [-0.39, 0.29) is 12.1 Å². The van der Waals surface area contributed by atoms with E-state index in [9.17, 15) is 0 Å². The van der Waals surface area contributed by atoms with Crippen molar-refractivity contribution in [2.45, 2.75) is 26.2 Å². The van der Waals surface area contributed by atoms with Gasteiger partial charge in [0, 0.05) is 83.5 Å². The predicted octanol–water partition coefficient (Wildman–Crippen LogP) is 21.4. The lowest BCUT2D eigenvalue weighted by molar-refractivity contribution is 0.590. The van der Waals surface area contributed by atoms with Crippen LogP contribution in [0.2, 0.25) is 0 Å². The molecule has 3 aromatic heterocycles. The van der Waals surface area contributed by atoms with Gasteiger partial charge in [-0.15, -0.1) is 0 Å². The van der Waals surface area contributed by atoms with Gasteiger partial charge in [-0.1, -0.05) is 227 Å². The van der Waals surface area contributed by atoms with Crippen molar-refractivity contribution < 1.29 is 0 Å². The zero-order chi connectivity index (χ0) is 62.3. The molecule has 14 aromatic carbocycles. The summed E-state index contributed by atoms with van der Waals surface area (Å²) in [6.07, 6.45) is 0. The number of para-hydroxylation sites is 5. The van der Waals surface area contributed by atoms with Gasteiger partial charge < -0.3 is 23.5 Å². The highest BCUT2D eigenvalue weighted by atomic mass is 15.2. The largest absolute Gasteiger partial charge is 0.311 e. The van der Waals surface area contributed by atoms with E-state index in [1.807, 2.05) is 0 Å². The van der Waals surface area contributed by atoms with Crippen molar-refractivity contribution in [3.63, 3.8) is 0 Å². The number of rotatable bonds is 8. The summed E-state index contributed by atoms with van der Waals surface area (Å²) >= 11 is 0. The zero-order valence-corrected chi connectivity index (χ0v) is 52.4. The Morgan fingerprint density at radius 2 is 0.585 bits per heavy atom. The SMILES string of the molecule is CC(C)(C)c1cc2c3c(c1)N(c1cccc(-c4ccccc4)c1)c1cc(-n4c5ccccc5c5cc(-n6c7ccccc7c7ccccc76)ccc54)ccc1B3c1ccc(-n3c4ccccc4c4ccccc43)cc1N2c1cc(-c2ccccc2)cc(-c2ccccc2)c1. The summed E-state index contributed by atoms with van der Waals surface area (Å²) in [5.41, 5.74) is 29.0. The molecule has 6 heteroatoms. The second kappa shape index (κ2) is 20.8. The number of aromatic nitrogens is 3. The van der Waals surface area contributed by atoms with Crippen LogP contribution in [0.5, 0.6) is 0 Å². The first-order valence-corrected chi connectivity index (χ1v) is 32.8. The van der Waals surface area contributed by atoms with E-state index < -0.39 is 0 Å². The number of benzene rings is 14. The van der Waals surface area contributed by atoms with Crippen LogP contribution in [0.3, 0.4) is 0 Å². The summed E-state index contributed by atoms with van der Waals surface area (Å²) in [6, 6.07) is 120. The van der Waals surface area contributed by atoms with Crippen molar-refractivity contribution in [2.24, 2.45) is 0 Å². The highest BCUT2D eigenvalue weighted by Crippen LogP contribution is 2.50. The number of hydrogen-bond acceptors (Lipinski definition) is 2. The summed E-state index contributed by atoms with van der Waals surface area (Å²) in [5, 5.41) is 7.40. The van der Waals surface area contributed by atoms with Crippen LogP contribution in [0.1, 0.15) is 26.3 Å². The van der Waals surface area contributed by atoms with E-state index in [4.69, 9.17) is 0 Å². The topological polar surface area (TPSA) is 21.3 Å². The first kappa shape index (κ1) is 53.9. The highest BCUT2D eigenvalue weighted by molar-refractivity contribution is 7.00. The van der Waals surface area contributed by atoms with E-state index in [0.29, 0.717) is 0 Å². The Kier molecular flexibility index (Phi) is 12.0. The normalized spacial score (nSPS) is 12.8. The molecular weight excluding hydrogens is 1140 g/mol. The molecule has 0 N–H and O–H groups in total. The maximum atomic E-state index is 2.62. The molecular formula is C88H62BN5. The van der Waals surface area contributed by atoms with Crippen molar-refractivity contribution >= 4 is 123 Å². The Balaban J connectivity index is 0.897. The van der Waals surface area contributed by atoms with Crippen LogP contribution in [-0.4, -0.2) is 20.4 Å². The Bertz CT molecular complexity index is 5760. The van der Waals surface area contributed by atoms with Gasteiger partial charge in [0.1, 0.15) is 0 Å². The van der Waals surface area contributed by atoms with Gasteiger partial charge in [0.2, 0.25) is 0 Å². The minimum Gasteiger partial charge on any atom is -0.311 e. The summed E-state index contributed by atoms with van der Waals surface area (Å²) in [4.78, 5) is 5.23. The molecule has 0 aliphatic carbocycles. The van der Waals surface area contributed by atoms with E-state index in [0.717, 1.165) is 67.5 Å². The monoisotopic (exact) mass is 1200 g/mol. The minimum atomic E-state index is -0.250. The molecule has 5 heterocycles. The molecule has 0 saturated heterocycles. The zero-order valence-electron chi connectivity index (χ0n) is 52.4. The lowest BCUT2D eigenvalue weighted by atomic mass is 9.33. The Labute approximate surface area is 546 Å². The fourth-order valence-corrected chi connectivity index (χ4v) is 15.8.